The number of nitrogens with zero attached hydrogens (tertiary/aromatic N) is 1. The van der Waals surface area contributed by atoms with Crippen LogP contribution in [0.3, 0.4) is 0 Å². The number of benzene rings is 1. The molecule has 1 aromatic rings. The Morgan fingerprint density at radius 2 is 2.31 bits per heavy atom. The lowest BCUT2D eigenvalue weighted by Gasteiger charge is -2.09. The lowest BCUT2D eigenvalue weighted by atomic mass is 10.2. The zero-order chi connectivity index (χ0) is 9.68. The van der Waals surface area contributed by atoms with Crippen LogP contribution < -0.4 is 10.1 Å². The molecule has 1 N–H and O–H groups in total. The Labute approximate surface area is 77.9 Å². The van der Waals surface area contributed by atoms with Crippen LogP contribution in [0.1, 0.15) is 5.56 Å². The van der Waals surface area contributed by atoms with Crippen LogP contribution in [0, 0.1) is 18.3 Å². The molecule has 0 aromatic heterocycles. The summed E-state index contributed by atoms with van der Waals surface area (Å²) < 4.78 is 5.13. The first-order valence-electron chi connectivity index (χ1n) is 4.03. The van der Waals surface area contributed by atoms with E-state index in [1.807, 2.05) is 31.2 Å². The molecule has 0 fully saturated rings. The first kappa shape index (κ1) is 9.40. The number of methoxy groups -OCH3 is 1. The van der Waals surface area contributed by atoms with Crippen LogP contribution >= 0.6 is 0 Å². The summed E-state index contributed by atoms with van der Waals surface area (Å²) in [4.78, 5) is 0. The predicted octanol–water partition coefficient (Wildman–Crippen LogP) is 1.94. The van der Waals surface area contributed by atoms with Crippen LogP contribution in [0.5, 0.6) is 5.75 Å². The van der Waals surface area contributed by atoms with Crippen molar-refractivity contribution in [3.8, 4) is 11.8 Å². The maximum absolute atomic E-state index is 8.41. The maximum Gasteiger partial charge on any atom is 0.141 e. The number of hydrogen-bond donors (Lipinski definition) is 1. The van der Waals surface area contributed by atoms with Crippen molar-refractivity contribution in [1.29, 1.82) is 5.26 Å². The number of nitrogens with one attached hydrogen (secondary N) is 1. The fourth-order valence-electron chi connectivity index (χ4n) is 1.09. The highest BCUT2D eigenvalue weighted by atomic mass is 16.5. The van der Waals surface area contributed by atoms with Crippen LogP contribution in [0.2, 0.25) is 0 Å². The Morgan fingerprint density at radius 1 is 1.54 bits per heavy atom. The minimum Gasteiger partial charge on any atom is -0.495 e. The number of hydrogen-bond acceptors (Lipinski definition) is 3. The van der Waals surface area contributed by atoms with E-state index in [9.17, 15) is 0 Å². The van der Waals surface area contributed by atoms with Gasteiger partial charge in [-0.1, -0.05) is 6.07 Å². The van der Waals surface area contributed by atoms with Crippen molar-refractivity contribution in [3.63, 3.8) is 0 Å². The molecule has 13 heavy (non-hydrogen) atoms. The first-order chi connectivity index (χ1) is 6.27. The second-order valence-electron chi connectivity index (χ2n) is 2.72. The van der Waals surface area contributed by atoms with E-state index < -0.39 is 0 Å². The van der Waals surface area contributed by atoms with Gasteiger partial charge < -0.3 is 10.1 Å². The number of ether oxygens (including phenoxy) is 1. The second kappa shape index (κ2) is 4.36. The molecule has 1 rings (SSSR count). The maximum atomic E-state index is 8.41. The number of anilines is 1. The third-order valence-electron chi connectivity index (χ3n) is 1.71. The van der Waals surface area contributed by atoms with E-state index in [0.717, 1.165) is 17.0 Å². The van der Waals surface area contributed by atoms with Gasteiger partial charge in [-0.05, 0) is 24.6 Å². The van der Waals surface area contributed by atoms with Crippen LogP contribution in [0.15, 0.2) is 18.2 Å². The molecule has 0 spiro atoms. The van der Waals surface area contributed by atoms with E-state index in [2.05, 4.69) is 5.32 Å². The summed E-state index contributed by atoms with van der Waals surface area (Å²) in [6.07, 6.45) is 0. The van der Waals surface area contributed by atoms with Crippen molar-refractivity contribution in [2.75, 3.05) is 19.0 Å². The summed E-state index contributed by atoms with van der Waals surface area (Å²) in [5, 5.41) is 11.4. The lowest BCUT2D eigenvalue weighted by molar-refractivity contribution is 0.416. The fourth-order valence-corrected chi connectivity index (χ4v) is 1.09. The van der Waals surface area contributed by atoms with Crippen LogP contribution in [-0.4, -0.2) is 13.7 Å². The third-order valence-corrected chi connectivity index (χ3v) is 1.71. The molecule has 0 saturated heterocycles. The van der Waals surface area contributed by atoms with Crippen molar-refractivity contribution in [2.24, 2.45) is 0 Å². The zero-order valence-corrected chi connectivity index (χ0v) is 7.79. The largest absolute Gasteiger partial charge is 0.495 e. The van der Waals surface area contributed by atoms with Crippen molar-refractivity contribution >= 4 is 5.69 Å². The smallest absolute Gasteiger partial charge is 0.141 e. The SMILES string of the molecule is COc1ccc(C)cc1NCC#N. The van der Waals surface area contributed by atoms with Gasteiger partial charge in [0.1, 0.15) is 12.3 Å². The molecule has 68 valence electrons. The zero-order valence-electron chi connectivity index (χ0n) is 7.79. The molecule has 0 atom stereocenters. The molecule has 0 amide bonds. The molecule has 0 bridgehead atoms. The van der Waals surface area contributed by atoms with E-state index in [-0.39, 0.29) is 0 Å². The molecule has 1 aromatic carbocycles. The van der Waals surface area contributed by atoms with Gasteiger partial charge >= 0.3 is 0 Å². The molecule has 0 unspecified atom stereocenters. The summed E-state index contributed by atoms with van der Waals surface area (Å²) in [7, 11) is 1.61. The van der Waals surface area contributed by atoms with E-state index in [4.69, 9.17) is 10.00 Å². The minimum atomic E-state index is 0.291. The highest BCUT2D eigenvalue weighted by Gasteiger charge is 2.00. The van der Waals surface area contributed by atoms with E-state index in [1.54, 1.807) is 7.11 Å². The Morgan fingerprint density at radius 3 is 2.92 bits per heavy atom. The van der Waals surface area contributed by atoms with Crippen molar-refractivity contribution in [2.45, 2.75) is 6.92 Å². The average molecular weight is 176 g/mol. The predicted molar refractivity (Wildman–Crippen MR) is 51.8 cm³/mol. The Hall–Kier alpha value is -1.69. The molecule has 0 heterocycles. The summed E-state index contributed by atoms with van der Waals surface area (Å²) in [5.41, 5.74) is 2.00. The van der Waals surface area contributed by atoms with Crippen LogP contribution in [-0.2, 0) is 0 Å². The van der Waals surface area contributed by atoms with E-state index in [1.165, 1.54) is 0 Å². The average Bonchev–Trinajstić information content (AvgIpc) is 2.15. The topological polar surface area (TPSA) is 45.0 Å². The molecule has 0 aliphatic carbocycles. The van der Waals surface area contributed by atoms with Gasteiger partial charge in [0.15, 0.2) is 0 Å². The molecule has 0 radical (unpaired) electrons. The lowest BCUT2D eigenvalue weighted by Crippen LogP contribution is -2.00. The Bertz CT molecular complexity index is 328. The Kier molecular flexibility index (Phi) is 3.15. The minimum absolute atomic E-state index is 0.291. The van der Waals surface area contributed by atoms with Crippen LogP contribution in [0.25, 0.3) is 0 Å². The highest BCUT2D eigenvalue weighted by molar-refractivity contribution is 5.58. The monoisotopic (exact) mass is 176 g/mol. The van der Waals surface area contributed by atoms with E-state index in [0.29, 0.717) is 6.54 Å². The van der Waals surface area contributed by atoms with Gasteiger partial charge in [0.2, 0.25) is 0 Å². The number of aryl methyl sites for hydroxylation is 1. The van der Waals surface area contributed by atoms with Gasteiger partial charge in [0.05, 0.1) is 18.9 Å². The van der Waals surface area contributed by atoms with Gasteiger partial charge in [-0.15, -0.1) is 0 Å². The Balaban J connectivity index is 2.89. The van der Waals surface area contributed by atoms with Crippen LogP contribution in [0.4, 0.5) is 5.69 Å². The highest BCUT2D eigenvalue weighted by Crippen LogP contribution is 2.24. The quantitative estimate of drug-likeness (QED) is 0.716. The molecular weight excluding hydrogens is 164 g/mol. The summed E-state index contributed by atoms with van der Waals surface area (Å²) in [6, 6.07) is 7.83. The third kappa shape index (κ3) is 2.38. The van der Waals surface area contributed by atoms with Crippen molar-refractivity contribution in [1.82, 2.24) is 0 Å². The molecule has 3 nitrogen and oxygen atoms in total. The normalized spacial score (nSPS) is 9.00. The van der Waals surface area contributed by atoms with E-state index >= 15 is 0 Å². The molecule has 0 saturated carbocycles. The molecule has 0 aliphatic rings. The fraction of sp³-hybridized carbons (Fsp3) is 0.300. The number of rotatable bonds is 3. The summed E-state index contributed by atoms with van der Waals surface area (Å²) in [6.45, 7) is 2.29. The molecule has 0 aliphatic heterocycles. The second-order valence-corrected chi connectivity index (χ2v) is 2.72. The van der Waals surface area contributed by atoms with Gasteiger partial charge in [-0.25, -0.2) is 0 Å². The molecule has 3 heteroatoms. The van der Waals surface area contributed by atoms with Gasteiger partial charge in [-0.2, -0.15) is 5.26 Å². The van der Waals surface area contributed by atoms with Gasteiger partial charge in [0, 0.05) is 0 Å². The van der Waals surface area contributed by atoms with Crippen molar-refractivity contribution in [3.05, 3.63) is 23.8 Å². The summed E-state index contributed by atoms with van der Waals surface area (Å²) in [5.74, 6) is 0.765. The standard InChI is InChI=1S/C10H12N2O/c1-8-3-4-10(13-2)9(7-8)12-6-5-11/h3-4,7,12H,6H2,1-2H3. The summed E-state index contributed by atoms with van der Waals surface area (Å²) >= 11 is 0. The van der Waals surface area contributed by atoms with Crippen molar-refractivity contribution < 1.29 is 4.74 Å². The first-order valence-corrected chi connectivity index (χ1v) is 4.03. The van der Waals surface area contributed by atoms with Gasteiger partial charge in [0.25, 0.3) is 0 Å². The molecular formula is C10H12N2O. The van der Waals surface area contributed by atoms with Gasteiger partial charge in [-0.3, -0.25) is 0 Å². The number of nitriles is 1.